The van der Waals surface area contributed by atoms with E-state index >= 15 is 0 Å². The maximum atomic E-state index is 12.3. The monoisotopic (exact) mass is 467 g/mol. The number of fused-ring (bicyclic) bond motifs is 1. The molecule has 0 saturated carbocycles. The smallest absolute Gasteiger partial charge is 0.271 e. The second-order valence-electron chi connectivity index (χ2n) is 7.37. The summed E-state index contributed by atoms with van der Waals surface area (Å²) in [4.78, 5) is 12.3. The van der Waals surface area contributed by atoms with Gasteiger partial charge < -0.3 is 9.73 Å². The van der Waals surface area contributed by atoms with Gasteiger partial charge in [0.2, 0.25) is 0 Å². The average Bonchev–Trinajstić information content (AvgIpc) is 3.39. The molecule has 2 heterocycles. The van der Waals surface area contributed by atoms with Crippen molar-refractivity contribution in [2.75, 3.05) is 5.32 Å². The summed E-state index contributed by atoms with van der Waals surface area (Å²) in [6.45, 7) is 0. The average molecular weight is 468 g/mol. The minimum atomic E-state index is -0.327. The van der Waals surface area contributed by atoms with Crippen LogP contribution in [0.25, 0.3) is 22.0 Å². The molecule has 0 bridgehead atoms. The Hall–Kier alpha value is -4.49. The van der Waals surface area contributed by atoms with Gasteiger partial charge in [0, 0.05) is 32.6 Å². The molecule has 0 spiro atoms. The lowest BCUT2D eigenvalue weighted by Crippen LogP contribution is -2.17. The molecule has 5 aromatic rings. The number of halogens is 1. The highest BCUT2D eigenvalue weighted by Crippen LogP contribution is 2.31. The zero-order valence-electron chi connectivity index (χ0n) is 17.8. The first-order valence-corrected chi connectivity index (χ1v) is 10.8. The molecule has 0 fully saturated rings. The van der Waals surface area contributed by atoms with Gasteiger partial charge in [-0.3, -0.25) is 4.79 Å². The first-order chi connectivity index (χ1) is 16.7. The van der Waals surface area contributed by atoms with E-state index in [9.17, 15) is 4.79 Å². The van der Waals surface area contributed by atoms with Crippen molar-refractivity contribution in [3.8, 4) is 11.3 Å². The van der Waals surface area contributed by atoms with Crippen molar-refractivity contribution >= 4 is 46.0 Å². The number of benzene rings is 3. The quantitative estimate of drug-likeness (QED) is 0.234. The Morgan fingerprint density at radius 2 is 1.65 bits per heavy atom. The standard InChI is InChI=1S/C26H18ClN5O2/c27-19-11-7-17(8-12-19)24-22-5-1-2-6-23(22)25(31-30-24)29-20-13-9-18(10-14-20)26(33)32-28-16-21-4-3-15-34-21/h1-16H,(H,29,31)(H,32,33)/b28-16+. The molecule has 0 unspecified atom stereocenters. The Bertz CT molecular complexity index is 1460. The molecule has 2 N–H and O–H groups in total. The van der Waals surface area contributed by atoms with Crippen molar-refractivity contribution < 1.29 is 9.21 Å². The molecule has 166 valence electrons. The molecule has 7 nitrogen and oxygen atoms in total. The molecule has 0 aliphatic rings. The van der Waals surface area contributed by atoms with Crippen LogP contribution < -0.4 is 10.7 Å². The number of nitrogens with zero attached hydrogens (tertiary/aromatic N) is 3. The predicted molar refractivity (Wildman–Crippen MR) is 133 cm³/mol. The molecule has 0 radical (unpaired) electrons. The fourth-order valence-corrected chi connectivity index (χ4v) is 3.57. The molecule has 1 amide bonds. The second kappa shape index (κ2) is 9.56. The van der Waals surface area contributed by atoms with Gasteiger partial charge in [0.25, 0.3) is 5.91 Å². The van der Waals surface area contributed by atoms with Gasteiger partial charge in [0.05, 0.1) is 12.5 Å². The first-order valence-electron chi connectivity index (χ1n) is 10.4. The van der Waals surface area contributed by atoms with Crippen LogP contribution in [-0.2, 0) is 0 Å². The number of carbonyl (C=O) groups is 1. The number of aromatic nitrogens is 2. The number of rotatable bonds is 6. The summed E-state index contributed by atoms with van der Waals surface area (Å²) in [5.41, 5.74) is 5.43. The fourth-order valence-electron chi connectivity index (χ4n) is 3.44. The van der Waals surface area contributed by atoms with Crippen LogP contribution in [0.1, 0.15) is 16.1 Å². The van der Waals surface area contributed by atoms with Crippen LogP contribution in [0.4, 0.5) is 11.5 Å². The zero-order valence-corrected chi connectivity index (χ0v) is 18.5. The molecule has 34 heavy (non-hydrogen) atoms. The normalized spacial score (nSPS) is 11.1. The highest BCUT2D eigenvalue weighted by atomic mass is 35.5. The minimum Gasteiger partial charge on any atom is -0.463 e. The zero-order chi connectivity index (χ0) is 23.3. The third kappa shape index (κ3) is 4.65. The van der Waals surface area contributed by atoms with Gasteiger partial charge in [-0.2, -0.15) is 5.10 Å². The number of amides is 1. The van der Waals surface area contributed by atoms with Crippen molar-refractivity contribution in [2.45, 2.75) is 0 Å². The van der Waals surface area contributed by atoms with Crippen LogP contribution in [0.2, 0.25) is 5.02 Å². The lowest BCUT2D eigenvalue weighted by atomic mass is 10.0. The predicted octanol–water partition coefficient (Wildman–Crippen LogP) is 6.05. The largest absolute Gasteiger partial charge is 0.463 e. The molecule has 2 aromatic heterocycles. The number of furan rings is 1. The molecule has 0 saturated heterocycles. The van der Waals surface area contributed by atoms with E-state index in [2.05, 4.69) is 26.0 Å². The third-order valence-corrected chi connectivity index (χ3v) is 5.37. The van der Waals surface area contributed by atoms with Crippen molar-refractivity contribution in [1.82, 2.24) is 15.6 Å². The van der Waals surface area contributed by atoms with Crippen molar-refractivity contribution in [2.24, 2.45) is 5.10 Å². The summed E-state index contributed by atoms with van der Waals surface area (Å²) < 4.78 is 5.14. The Balaban J connectivity index is 1.35. The van der Waals surface area contributed by atoms with Gasteiger partial charge in [0.15, 0.2) is 5.82 Å². The van der Waals surface area contributed by atoms with Crippen molar-refractivity contribution in [3.63, 3.8) is 0 Å². The van der Waals surface area contributed by atoms with Gasteiger partial charge >= 0.3 is 0 Å². The second-order valence-corrected chi connectivity index (χ2v) is 7.80. The lowest BCUT2D eigenvalue weighted by Gasteiger charge is -2.11. The summed E-state index contributed by atoms with van der Waals surface area (Å²) in [5.74, 6) is 0.843. The Morgan fingerprint density at radius 3 is 2.38 bits per heavy atom. The minimum absolute atomic E-state index is 0.327. The van der Waals surface area contributed by atoms with Gasteiger partial charge in [-0.25, -0.2) is 5.43 Å². The molecule has 0 aliphatic carbocycles. The van der Waals surface area contributed by atoms with Crippen LogP contribution in [0, 0.1) is 0 Å². The van der Waals surface area contributed by atoms with E-state index < -0.39 is 0 Å². The van der Waals surface area contributed by atoms with Gasteiger partial charge in [-0.1, -0.05) is 48.0 Å². The SMILES string of the molecule is O=C(N/N=C/c1ccco1)c1ccc(Nc2nnc(-c3ccc(Cl)cc3)c3ccccc23)cc1. The van der Waals surface area contributed by atoms with Crippen LogP contribution in [0.5, 0.6) is 0 Å². The van der Waals surface area contributed by atoms with Gasteiger partial charge in [-0.05, 0) is 48.5 Å². The molecule has 8 heteroatoms. The van der Waals surface area contributed by atoms with E-state index in [1.807, 2.05) is 48.5 Å². The number of carbonyl (C=O) groups excluding carboxylic acids is 1. The van der Waals surface area contributed by atoms with E-state index in [0.717, 1.165) is 27.7 Å². The summed E-state index contributed by atoms with van der Waals surface area (Å²) in [7, 11) is 0. The van der Waals surface area contributed by atoms with E-state index in [1.54, 1.807) is 36.4 Å². The molecule has 5 rings (SSSR count). The maximum absolute atomic E-state index is 12.3. The maximum Gasteiger partial charge on any atom is 0.271 e. The van der Waals surface area contributed by atoms with Crippen LogP contribution in [0.15, 0.2) is 101 Å². The van der Waals surface area contributed by atoms with Gasteiger partial charge in [0.1, 0.15) is 11.5 Å². The molecule has 0 atom stereocenters. The molecule has 3 aromatic carbocycles. The number of anilines is 2. The topological polar surface area (TPSA) is 92.4 Å². The Kier molecular flexibility index (Phi) is 6.01. The molecular formula is C26H18ClN5O2. The van der Waals surface area contributed by atoms with E-state index in [4.69, 9.17) is 16.0 Å². The van der Waals surface area contributed by atoms with Crippen LogP contribution in [0.3, 0.4) is 0 Å². The molecule has 0 aliphatic heterocycles. The summed E-state index contributed by atoms with van der Waals surface area (Å²) in [6.07, 6.45) is 2.97. The van der Waals surface area contributed by atoms with E-state index in [0.29, 0.717) is 22.2 Å². The Labute approximate surface area is 200 Å². The highest BCUT2D eigenvalue weighted by Gasteiger charge is 2.12. The van der Waals surface area contributed by atoms with Crippen molar-refractivity contribution in [3.05, 3.63) is 108 Å². The summed E-state index contributed by atoms with van der Waals surface area (Å²) in [5, 5.41) is 18.6. The number of hydrogen-bond acceptors (Lipinski definition) is 6. The number of hydrogen-bond donors (Lipinski definition) is 2. The highest BCUT2D eigenvalue weighted by molar-refractivity contribution is 6.30. The fraction of sp³-hybridized carbons (Fsp3) is 0. The third-order valence-electron chi connectivity index (χ3n) is 5.12. The summed E-state index contributed by atoms with van der Waals surface area (Å²) in [6, 6.07) is 25.9. The van der Waals surface area contributed by atoms with E-state index in [1.165, 1.54) is 12.5 Å². The number of nitrogens with one attached hydrogen (secondary N) is 2. The van der Waals surface area contributed by atoms with Crippen molar-refractivity contribution in [1.29, 1.82) is 0 Å². The van der Waals surface area contributed by atoms with E-state index in [-0.39, 0.29) is 5.91 Å². The number of hydrazone groups is 1. The molecular weight excluding hydrogens is 450 g/mol. The summed E-state index contributed by atoms with van der Waals surface area (Å²) >= 11 is 6.03. The lowest BCUT2D eigenvalue weighted by molar-refractivity contribution is 0.0955. The van der Waals surface area contributed by atoms with Gasteiger partial charge in [-0.15, -0.1) is 10.2 Å². The first kappa shape index (κ1) is 21.4. The Morgan fingerprint density at radius 1 is 0.882 bits per heavy atom. The van der Waals surface area contributed by atoms with Crippen LogP contribution >= 0.6 is 11.6 Å². The van der Waals surface area contributed by atoms with Crippen LogP contribution in [-0.4, -0.2) is 22.3 Å².